The quantitative estimate of drug-likeness (QED) is 0.831. The summed E-state index contributed by atoms with van der Waals surface area (Å²) in [6.07, 6.45) is 0. The summed E-state index contributed by atoms with van der Waals surface area (Å²) in [5.41, 5.74) is 0.840. The van der Waals surface area contributed by atoms with Gasteiger partial charge in [-0.15, -0.1) is 0 Å². The highest BCUT2D eigenvalue weighted by atomic mass is 19.1. The van der Waals surface area contributed by atoms with Crippen LogP contribution in [0.15, 0.2) is 18.2 Å². The SMILES string of the molecule is Cc1cc([C@H](C(C)C)C(C)(C)O)ccc1F. The Morgan fingerprint density at radius 3 is 2.19 bits per heavy atom. The highest BCUT2D eigenvalue weighted by molar-refractivity contribution is 5.29. The lowest BCUT2D eigenvalue weighted by Crippen LogP contribution is -2.32. The Bertz CT molecular complexity index is 363. The second-order valence-electron chi connectivity index (χ2n) is 5.38. The molecule has 0 bridgehead atoms. The van der Waals surface area contributed by atoms with Crippen molar-refractivity contribution in [3.63, 3.8) is 0 Å². The lowest BCUT2D eigenvalue weighted by molar-refractivity contribution is 0.0331. The summed E-state index contributed by atoms with van der Waals surface area (Å²) in [7, 11) is 0. The van der Waals surface area contributed by atoms with Gasteiger partial charge in [0.25, 0.3) is 0 Å². The van der Waals surface area contributed by atoms with Crippen molar-refractivity contribution in [2.75, 3.05) is 0 Å². The van der Waals surface area contributed by atoms with Crippen LogP contribution in [0.1, 0.15) is 44.7 Å². The van der Waals surface area contributed by atoms with Gasteiger partial charge in [-0.1, -0.05) is 26.0 Å². The maximum Gasteiger partial charge on any atom is 0.126 e. The van der Waals surface area contributed by atoms with E-state index < -0.39 is 5.60 Å². The zero-order valence-corrected chi connectivity index (χ0v) is 10.7. The third-order valence-electron chi connectivity index (χ3n) is 2.97. The van der Waals surface area contributed by atoms with Crippen molar-refractivity contribution < 1.29 is 9.50 Å². The van der Waals surface area contributed by atoms with Crippen LogP contribution in [0.4, 0.5) is 4.39 Å². The molecule has 0 aromatic heterocycles. The standard InChI is InChI=1S/C14H21FO/c1-9(2)13(14(4,5)16)11-6-7-12(15)10(3)8-11/h6-9,13,16H,1-5H3/t13-/m0/s1. The molecule has 0 heterocycles. The summed E-state index contributed by atoms with van der Waals surface area (Å²) in [4.78, 5) is 0. The van der Waals surface area contributed by atoms with Gasteiger partial charge in [-0.05, 0) is 43.9 Å². The van der Waals surface area contributed by atoms with Gasteiger partial charge in [-0.3, -0.25) is 0 Å². The molecule has 0 saturated carbocycles. The summed E-state index contributed by atoms with van der Waals surface area (Å²) in [6, 6.07) is 5.08. The minimum Gasteiger partial charge on any atom is -0.390 e. The number of hydrogen-bond acceptors (Lipinski definition) is 1. The van der Waals surface area contributed by atoms with Gasteiger partial charge >= 0.3 is 0 Å². The molecule has 0 fully saturated rings. The molecule has 1 atom stereocenters. The van der Waals surface area contributed by atoms with E-state index in [1.54, 1.807) is 26.8 Å². The van der Waals surface area contributed by atoms with Crippen LogP contribution in [0, 0.1) is 18.7 Å². The second kappa shape index (κ2) is 4.54. The summed E-state index contributed by atoms with van der Waals surface area (Å²) in [5.74, 6) is 0.138. The molecule has 1 aromatic rings. The van der Waals surface area contributed by atoms with Crippen LogP contribution in [-0.2, 0) is 0 Å². The third kappa shape index (κ3) is 2.82. The number of hydrogen-bond donors (Lipinski definition) is 1. The number of benzene rings is 1. The Balaban J connectivity index is 3.17. The van der Waals surface area contributed by atoms with E-state index in [9.17, 15) is 9.50 Å². The molecular formula is C14H21FO. The topological polar surface area (TPSA) is 20.2 Å². The molecule has 0 unspecified atom stereocenters. The van der Waals surface area contributed by atoms with Gasteiger partial charge in [0.1, 0.15) is 5.82 Å². The summed E-state index contributed by atoms with van der Waals surface area (Å²) in [5, 5.41) is 10.2. The van der Waals surface area contributed by atoms with Gasteiger partial charge in [-0.2, -0.15) is 0 Å². The number of aryl methyl sites for hydroxylation is 1. The molecule has 0 amide bonds. The molecule has 0 spiro atoms. The molecule has 2 heteroatoms. The maximum atomic E-state index is 13.2. The average Bonchev–Trinajstić information content (AvgIpc) is 2.08. The van der Waals surface area contributed by atoms with Crippen LogP contribution in [0.3, 0.4) is 0 Å². The molecule has 1 N–H and O–H groups in total. The first-order chi connectivity index (χ1) is 7.23. The molecule has 1 aromatic carbocycles. The van der Waals surface area contributed by atoms with E-state index in [1.807, 2.05) is 6.07 Å². The van der Waals surface area contributed by atoms with Crippen LogP contribution in [0.2, 0.25) is 0 Å². The van der Waals surface area contributed by atoms with Crippen LogP contribution < -0.4 is 0 Å². The lowest BCUT2D eigenvalue weighted by Gasteiger charge is -2.33. The Labute approximate surface area is 97.3 Å². The van der Waals surface area contributed by atoms with Gasteiger partial charge in [-0.25, -0.2) is 4.39 Å². The van der Waals surface area contributed by atoms with Gasteiger partial charge in [0.15, 0.2) is 0 Å². The van der Waals surface area contributed by atoms with Gasteiger partial charge < -0.3 is 5.11 Å². The summed E-state index contributed by atoms with van der Waals surface area (Å²) < 4.78 is 13.2. The fourth-order valence-electron chi connectivity index (χ4n) is 2.47. The average molecular weight is 224 g/mol. The monoisotopic (exact) mass is 224 g/mol. The van der Waals surface area contributed by atoms with Crippen LogP contribution in [0.5, 0.6) is 0 Å². The van der Waals surface area contributed by atoms with Gasteiger partial charge in [0.05, 0.1) is 5.60 Å². The fourth-order valence-corrected chi connectivity index (χ4v) is 2.47. The van der Waals surface area contributed by atoms with Crippen LogP contribution in [0.25, 0.3) is 0 Å². The first kappa shape index (κ1) is 13.2. The maximum absolute atomic E-state index is 13.2. The highest BCUT2D eigenvalue weighted by Gasteiger charge is 2.31. The van der Waals surface area contributed by atoms with Crippen molar-refractivity contribution in [2.24, 2.45) is 5.92 Å². The van der Waals surface area contributed by atoms with Crippen molar-refractivity contribution in [3.8, 4) is 0 Å². The summed E-state index contributed by atoms with van der Waals surface area (Å²) >= 11 is 0. The Kier molecular flexibility index (Phi) is 3.74. The molecule has 0 aliphatic carbocycles. The Hall–Kier alpha value is -0.890. The van der Waals surface area contributed by atoms with E-state index in [-0.39, 0.29) is 11.7 Å². The molecule has 16 heavy (non-hydrogen) atoms. The highest BCUT2D eigenvalue weighted by Crippen LogP contribution is 2.35. The molecule has 90 valence electrons. The summed E-state index contributed by atoms with van der Waals surface area (Å²) in [6.45, 7) is 9.50. The molecule has 0 radical (unpaired) electrons. The second-order valence-corrected chi connectivity index (χ2v) is 5.38. The van der Waals surface area contributed by atoms with Crippen molar-refractivity contribution in [2.45, 2.75) is 46.1 Å². The zero-order chi connectivity index (χ0) is 12.5. The predicted octanol–water partition coefficient (Wildman–Crippen LogP) is 3.64. The molecule has 1 nitrogen and oxygen atoms in total. The zero-order valence-electron chi connectivity index (χ0n) is 10.7. The Morgan fingerprint density at radius 1 is 1.25 bits per heavy atom. The Morgan fingerprint density at radius 2 is 1.81 bits per heavy atom. The smallest absolute Gasteiger partial charge is 0.126 e. The van der Waals surface area contributed by atoms with Crippen molar-refractivity contribution >= 4 is 0 Å². The van der Waals surface area contributed by atoms with Gasteiger partial charge in [0, 0.05) is 5.92 Å². The van der Waals surface area contributed by atoms with Crippen molar-refractivity contribution in [1.82, 2.24) is 0 Å². The fraction of sp³-hybridized carbons (Fsp3) is 0.571. The first-order valence-electron chi connectivity index (χ1n) is 5.72. The molecule has 0 aliphatic rings. The minimum atomic E-state index is -0.793. The first-order valence-corrected chi connectivity index (χ1v) is 5.72. The molecule has 0 saturated heterocycles. The van der Waals surface area contributed by atoms with Crippen molar-refractivity contribution in [1.29, 1.82) is 0 Å². The molecule has 0 aliphatic heterocycles. The van der Waals surface area contributed by atoms with Crippen molar-refractivity contribution in [3.05, 3.63) is 35.1 Å². The normalized spacial score (nSPS) is 14.2. The van der Waals surface area contributed by atoms with E-state index in [2.05, 4.69) is 13.8 Å². The number of rotatable bonds is 3. The van der Waals surface area contributed by atoms with Crippen LogP contribution >= 0.6 is 0 Å². The van der Waals surface area contributed by atoms with Crippen LogP contribution in [-0.4, -0.2) is 10.7 Å². The molecular weight excluding hydrogens is 203 g/mol. The molecule has 1 rings (SSSR count). The third-order valence-corrected chi connectivity index (χ3v) is 2.97. The van der Waals surface area contributed by atoms with E-state index >= 15 is 0 Å². The number of aliphatic hydroxyl groups is 1. The van der Waals surface area contributed by atoms with E-state index in [4.69, 9.17) is 0 Å². The lowest BCUT2D eigenvalue weighted by atomic mass is 9.77. The van der Waals surface area contributed by atoms with E-state index in [0.717, 1.165) is 5.56 Å². The minimum absolute atomic E-state index is 0.0202. The van der Waals surface area contributed by atoms with E-state index in [0.29, 0.717) is 11.5 Å². The predicted molar refractivity (Wildman–Crippen MR) is 65.0 cm³/mol. The van der Waals surface area contributed by atoms with Gasteiger partial charge in [0.2, 0.25) is 0 Å². The largest absolute Gasteiger partial charge is 0.390 e. The number of halogens is 1. The van der Waals surface area contributed by atoms with E-state index in [1.165, 1.54) is 6.07 Å².